The van der Waals surface area contributed by atoms with Crippen molar-refractivity contribution in [2.45, 2.75) is 18.8 Å². The van der Waals surface area contributed by atoms with Gasteiger partial charge in [0.05, 0.1) is 30.5 Å². The minimum Gasteiger partial charge on any atom is -0.447 e. The molecule has 3 rings (SSSR count). The Balaban J connectivity index is 1.75. The van der Waals surface area contributed by atoms with Gasteiger partial charge in [-0.25, -0.2) is 14.5 Å². The van der Waals surface area contributed by atoms with Crippen LogP contribution in [0.3, 0.4) is 0 Å². The number of amides is 2. The van der Waals surface area contributed by atoms with Gasteiger partial charge in [0.15, 0.2) is 0 Å². The van der Waals surface area contributed by atoms with Gasteiger partial charge in [-0.2, -0.15) is 13.2 Å². The predicted octanol–water partition coefficient (Wildman–Crippen LogP) is 0.817. The third kappa shape index (κ3) is 5.24. The van der Waals surface area contributed by atoms with Crippen molar-refractivity contribution in [3.05, 3.63) is 29.1 Å². The molecule has 1 aliphatic heterocycles. The average molecular weight is 445 g/mol. The Morgan fingerprint density at radius 3 is 2.81 bits per heavy atom. The van der Waals surface area contributed by atoms with Gasteiger partial charge in [0.2, 0.25) is 5.95 Å². The lowest BCUT2D eigenvalue weighted by atomic mass is 10.1. The molecule has 12 nitrogen and oxygen atoms in total. The normalized spacial score (nSPS) is 16.5. The molecule has 168 valence electrons. The van der Waals surface area contributed by atoms with Crippen LogP contribution in [0.5, 0.6) is 0 Å². The lowest BCUT2D eigenvalue weighted by Gasteiger charge is -2.20. The Labute approximate surface area is 173 Å². The fraction of sp³-hybridized carbons (Fsp3) is 0.500. The van der Waals surface area contributed by atoms with Crippen LogP contribution in [0, 0.1) is 0 Å². The van der Waals surface area contributed by atoms with E-state index in [1.807, 2.05) is 0 Å². The maximum absolute atomic E-state index is 13.1. The van der Waals surface area contributed by atoms with Crippen LogP contribution in [0.4, 0.5) is 23.9 Å². The Bertz CT molecular complexity index is 952. The minimum atomic E-state index is -4.71. The first-order chi connectivity index (χ1) is 14.7. The summed E-state index contributed by atoms with van der Waals surface area (Å²) in [4.78, 5) is 29.0. The third-order valence-corrected chi connectivity index (χ3v) is 4.25. The highest BCUT2D eigenvalue weighted by Gasteiger charge is 2.35. The summed E-state index contributed by atoms with van der Waals surface area (Å²) in [5, 5.41) is 12.9. The fourth-order valence-corrected chi connectivity index (χ4v) is 2.70. The van der Waals surface area contributed by atoms with Gasteiger partial charge in [-0.15, -0.1) is 0 Å². The number of carbonyl (C=O) groups excluding carboxylic acids is 2. The van der Waals surface area contributed by atoms with Crippen LogP contribution in [-0.4, -0.2) is 75.2 Å². The van der Waals surface area contributed by atoms with E-state index in [4.69, 9.17) is 14.2 Å². The lowest BCUT2D eigenvalue weighted by molar-refractivity contribution is -0.141. The molecule has 1 unspecified atom stereocenters. The number of hydrogen-bond donors (Lipinski definition) is 1. The molecule has 0 radical (unpaired) electrons. The predicted molar refractivity (Wildman–Crippen MR) is 94.5 cm³/mol. The minimum absolute atomic E-state index is 0.00593. The number of aromatic nitrogens is 5. The molecule has 0 saturated carbocycles. The van der Waals surface area contributed by atoms with Crippen molar-refractivity contribution < 1.29 is 37.0 Å². The van der Waals surface area contributed by atoms with E-state index >= 15 is 0 Å². The quantitative estimate of drug-likeness (QED) is 0.627. The molecule has 1 N–H and O–H groups in total. The third-order valence-electron chi connectivity index (χ3n) is 4.25. The monoisotopic (exact) mass is 445 g/mol. The van der Waals surface area contributed by atoms with Crippen LogP contribution in [0.2, 0.25) is 0 Å². The first-order valence-electron chi connectivity index (χ1n) is 8.81. The van der Waals surface area contributed by atoms with Gasteiger partial charge < -0.3 is 14.2 Å². The Morgan fingerprint density at radius 2 is 2.16 bits per heavy atom. The number of methoxy groups -OCH3 is 1. The first kappa shape index (κ1) is 22.4. The maximum Gasteiger partial charge on any atom is 0.433 e. The lowest BCUT2D eigenvalue weighted by Crippen LogP contribution is -2.38. The highest BCUT2D eigenvalue weighted by molar-refractivity contribution is 6.04. The summed E-state index contributed by atoms with van der Waals surface area (Å²) in [6.45, 7) is -0.491. The molecule has 2 amide bonds. The molecule has 1 atom stereocenters. The number of cyclic esters (lactones) is 1. The largest absolute Gasteiger partial charge is 0.447 e. The van der Waals surface area contributed by atoms with Gasteiger partial charge >= 0.3 is 12.3 Å². The van der Waals surface area contributed by atoms with Crippen molar-refractivity contribution in [3.8, 4) is 0 Å². The van der Waals surface area contributed by atoms with Crippen LogP contribution < -0.4 is 5.32 Å². The van der Waals surface area contributed by atoms with E-state index in [1.165, 1.54) is 23.7 Å². The average Bonchev–Trinajstić information content (AvgIpc) is 3.27. The number of aryl methyl sites for hydroxylation is 1. The van der Waals surface area contributed by atoms with Crippen molar-refractivity contribution in [2.75, 3.05) is 32.4 Å². The van der Waals surface area contributed by atoms with Crippen molar-refractivity contribution in [1.82, 2.24) is 30.1 Å². The van der Waals surface area contributed by atoms with E-state index < -0.39 is 36.5 Å². The number of hydrogen-bond acceptors (Lipinski definition) is 9. The SMILES string of the molecule is COCN1C(=O)OCC1COCc1nc(C(F)(F)F)ccc1C(=O)Nc1nnnn1C. The van der Waals surface area contributed by atoms with Crippen molar-refractivity contribution in [2.24, 2.45) is 7.05 Å². The number of alkyl halides is 3. The highest BCUT2D eigenvalue weighted by atomic mass is 19.4. The first-order valence-corrected chi connectivity index (χ1v) is 8.81. The number of halogens is 3. The summed E-state index contributed by atoms with van der Waals surface area (Å²) in [5.74, 6) is -0.772. The second-order valence-corrected chi connectivity index (χ2v) is 6.40. The van der Waals surface area contributed by atoms with Gasteiger partial charge in [0.1, 0.15) is 19.0 Å². The molecule has 15 heteroatoms. The van der Waals surface area contributed by atoms with Gasteiger partial charge in [0, 0.05) is 14.2 Å². The number of ether oxygens (including phenoxy) is 3. The molecule has 0 spiro atoms. The molecule has 1 saturated heterocycles. The number of anilines is 1. The fourth-order valence-electron chi connectivity index (χ4n) is 2.70. The molecule has 2 aromatic rings. The molecule has 1 fully saturated rings. The zero-order chi connectivity index (χ0) is 22.6. The summed E-state index contributed by atoms with van der Waals surface area (Å²) in [5.41, 5.74) is -1.57. The molecule has 3 heterocycles. The number of nitrogens with one attached hydrogen (secondary N) is 1. The Morgan fingerprint density at radius 1 is 1.39 bits per heavy atom. The number of pyridine rings is 1. The van der Waals surface area contributed by atoms with Crippen LogP contribution in [0.15, 0.2) is 12.1 Å². The van der Waals surface area contributed by atoms with Crippen LogP contribution >= 0.6 is 0 Å². The Kier molecular flexibility index (Phi) is 6.65. The molecule has 1 aliphatic rings. The van der Waals surface area contributed by atoms with Gasteiger partial charge in [0.25, 0.3) is 5.91 Å². The van der Waals surface area contributed by atoms with E-state index in [-0.39, 0.29) is 37.2 Å². The highest BCUT2D eigenvalue weighted by Crippen LogP contribution is 2.28. The number of rotatable bonds is 8. The second kappa shape index (κ2) is 9.22. The summed E-state index contributed by atoms with van der Waals surface area (Å²) >= 11 is 0. The van der Waals surface area contributed by atoms with Crippen LogP contribution in [0.25, 0.3) is 0 Å². The number of nitrogens with zero attached hydrogens (tertiary/aromatic N) is 6. The molecule has 0 aliphatic carbocycles. The van der Waals surface area contributed by atoms with Crippen molar-refractivity contribution >= 4 is 17.9 Å². The molecule has 31 heavy (non-hydrogen) atoms. The summed E-state index contributed by atoms with van der Waals surface area (Å²) in [6, 6.07) is 1.18. The van der Waals surface area contributed by atoms with Crippen molar-refractivity contribution in [3.63, 3.8) is 0 Å². The smallest absolute Gasteiger partial charge is 0.433 e. The van der Waals surface area contributed by atoms with E-state index in [2.05, 4.69) is 25.8 Å². The number of tetrazole rings is 1. The van der Waals surface area contributed by atoms with E-state index in [9.17, 15) is 22.8 Å². The van der Waals surface area contributed by atoms with E-state index in [0.29, 0.717) is 6.07 Å². The maximum atomic E-state index is 13.1. The standard InChI is InChI=1S/C16H18F3N7O5/c1-25-14(22-23-24-25)21-13(27)10-3-4-12(16(17,18)19)20-11(10)7-30-5-9-6-31-15(28)26(9)8-29-2/h3-4,9H,5-8H2,1-2H3,(H,21,22,24,27). The second-order valence-electron chi connectivity index (χ2n) is 6.40. The molecule has 0 aromatic carbocycles. The molecular weight excluding hydrogens is 427 g/mol. The van der Waals surface area contributed by atoms with Gasteiger partial charge in [-0.3, -0.25) is 15.0 Å². The summed E-state index contributed by atoms with van der Waals surface area (Å²) in [7, 11) is 2.87. The van der Waals surface area contributed by atoms with E-state index in [0.717, 1.165) is 6.07 Å². The zero-order valence-corrected chi connectivity index (χ0v) is 16.4. The molecule has 0 bridgehead atoms. The Hall–Kier alpha value is -3.33. The van der Waals surface area contributed by atoms with Crippen LogP contribution in [0.1, 0.15) is 21.7 Å². The summed E-state index contributed by atoms with van der Waals surface area (Å²) in [6.07, 6.45) is -5.30. The molecule has 2 aromatic heterocycles. The molecular formula is C16H18F3N7O5. The topological polar surface area (TPSA) is 134 Å². The zero-order valence-electron chi connectivity index (χ0n) is 16.4. The van der Waals surface area contributed by atoms with E-state index in [1.54, 1.807) is 0 Å². The summed E-state index contributed by atoms with van der Waals surface area (Å²) < 4.78 is 55.7. The van der Waals surface area contributed by atoms with Gasteiger partial charge in [-0.1, -0.05) is 5.10 Å². The van der Waals surface area contributed by atoms with Gasteiger partial charge in [-0.05, 0) is 22.6 Å². The number of carbonyl (C=O) groups is 2. The van der Waals surface area contributed by atoms with Crippen molar-refractivity contribution in [1.29, 1.82) is 0 Å². The van der Waals surface area contributed by atoms with Crippen LogP contribution in [-0.2, 0) is 34.0 Å².